The van der Waals surface area contributed by atoms with Crippen molar-refractivity contribution in [2.45, 2.75) is 18.1 Å². The maximum absolute atomic E-state index is 11.4. The zero-order valence-electron chi connectivity index (χ0n) is 10.3. The second-order valence-corrected chi connectivity index (χ2v) is 5.00. The van der Waals surface area contributed by atoms with Gasteiger partial charge in [0, 0.05) is 41.0 Å². The maximum atomic E-state index is 11.4. The molecule has 13 heteroatoms. The largest absolute Gasteiger partial charge is 0.333 e. The molecule has 20 heavy (non-hydrogen) atoms. The minimum absolute atomic E-state index is 0. The summed E-state index contributed by atoms with van der Waals surface area (Å²) in [4.78, 5) is 40.6. The number of hydroxylamine groups is 2. The fourth-order valence-corrected chi connectivity index (χ4v) is 1.95. The summed E-state index contributed by atoms with van der Waals surface area (Å²) < 4.78 is 30.3. The van der Waals surface area contributed by atoms with Crippen molar-refractivity contribution in [3.63, 3.8) is 0 Å². The summed E-state index contributed by atoms with van der Waals surface area (Å²) in [6.07, 6.45) is -1.20. The van der Waals surface area contributed by atoms with Crippen LogP contribution in [0.5, 0.6) is 0 Å². The van der Waals surface area contributed by atoms with Gasteiger partial charge in [0.15, 0.2) is 5.25 Å². The van der Waals surface area contributed by atoms with Crippen LogP contribution in [-0.2, 0) is 29.3 Å². The van der Waals surface area contributed by atoms with Gasteiger partial charge in [0.1, 0.15) is 0 Å². The first-order chi connectivity index (χ1) is 8.77. The molecule has 0 bridgehead atoms. The first-order valence-electron chi connectivity index (χ1n) is 4.82. The van der Waals surface area contributed by atoms with Crippen LogP contribution in [0.1, 0.15) is 12.8 Å². The summed E-state index contributed by atoms with van der Waals surface area (Å²) in [5.41, 5.74) is 7.96. The summed E-state index contributed by atoms with van der Waals surface area (Å²) in [7, 11) is -4.74. The van der Waals surface area contributed by atoms with Gasteiger partial charge < -0.3 is 4.84 Å². The van der Waals surface area contributed by atoms with E-state index in [0.717, 1.165) is 0 Å². The molecular weight excluding hydrogens is 307 g/mol. The molecule has 0 aromatic rings. The Bertz CT molecular complexity index is 570. The molecule has 0 aromatic carbocycles. The molecule has 0 aromatic heterocycles. The predicted molar refractivity (Wildman–Crippen MR) is 62.3 cm³/mol. The van der Waals surface area contributed by atoms with Gasteiger partial charge in [-0.2, -0.15) is 8.42 Å². The summed E-state index contributed by atoms with van der Waals surface area (Å²) in [6.45, 7) is -0.243. The topological polar surface area (TPSA) is 167 Å². The molecule has 1 rings (SSSR count). The van der Waals surface area contributed by atoms with Gasteiger partial charge in [-0.05, 0) is 5.53 Å². The number of rotatable bonds is 5. The van der Waals surface area contributed by atoms with Crippen LogP contribution >= 0.6 is 0 Å². The van der Waals surface area contributed by atoms with Crippen LogP contribution in [0.4, 0.5) is 0 Å². The Balaban J connectivity index is 0.00000361. The normalized spacial score (nSPS) is 18.2. The molecule has 1 heterocycles. The van der Waals surface area contributed by atoms with Crippen LogP contribution in [0.3, 0.4) is 0 Å². The molecule has 1 radical (unpaired) electrons. The molecule has 0 saturated carbocycles. The van der Waals surface area contributed by atoms with Crippen LogP contribution in [-0.4, -0.2) is 77.2 Å². The summed E-state index contributed by atoms with van der Waals surface area (Å²) in [5.74, 6) is -3.46. The monoisotopic (exact) mass is 315 g/mol. The summed E-state index contributed by atoms with van der Waals surface area (Å²) in [5, 5.41) is 1.05. The van der Waals surface area contributed by atoms with Crippen molar-refractivity contribution in [2.24, 2.45) is 5.11 Å². The molecule has 0 aliphatic carbocycles. The molecule has 0 spiro atoms. The smallest absolute Gasteiger partial charge is 0.330 e. The number of imide groups is 1. The van der Waals surface area contributed by atoms with E-state index in [4.69, 9.17) is 10.1 Å². The Hall–Kier alpha value is -1.17. The number of carbonyl (C=O) groups excluding carboxylic acids is 3. The third-order valence-corrected chi connectivity index (χ3v) is 3.18. The van der Waals surface area contributed by atoms with Crippen molar-refractivity contribution < 1.29 is 32.2 Å². The van der Waals surface area contributed by atoms with E-state index in [-0.39, 0.29) is 41.2 Å². The zero-order chi connectivity index (χ0) is 14.6. The molecule has 1 fully saturated rings. The number of hydrogen-bond acceptors (Lipinski definition) is 7. The van der Waals surface area contributed by atoms with Crippen LogP contribution < -0.4 is 0 Å². The van der Waals surface area contributed by atoms with E-state index in [1.165, 1.54) is 0 Å². The SMILES string of the molecule is [N-]=[N+]=NCCC(=O)ON1C(=O)CC(S(=O)(=O)O)C1=O.[Na]. The molecule has 1 saturated heterocycles. The van der Waals surface area contributed by atoms with E-state index in [1.54, 1.807) is 0 Å². The Morgan fingerprint density at radius 3 is 2.60 bits per heavy atom. The third kappa shape index (κ3) is 4.74. The van der Waals surface area contributed by atoms with Crippen LogP contribution in [0.25, 0.3) is 10.4 Å². The van der Waals surface area contributed by atoms with Gasteiger partial charge in [-0.25, -0.2) is 4.79 Å². The zero-order valence-corrected chi connectivity index (χ0v) is 13.1. The third-order valence-electron chi connectivity index (χ3n) is 2.09. The second-order valence-electron chi connectivity index (χ2n) is 3.40. The molecule has 105 valence electrons. The first kappa shape index (κ1) is 18.8. The van der Waals surface area contributed by atoms with Gasteiger partial charge in [0.25, 0.3) is 21.9 Å². The number of carbonyl (C=O) groups is 3. The predicted octanol–water partition coefficient (Wildman–Crippen LogP) is -1.22. The molecular formula is C7H8N4NaO7S. The first-order valence-corrected chi connectivity index (χ1v) is 6.32. The number of amides is 2. The van der Waals surface area contributed by atoms with Crippen LogP contribution in [0.15, 0.2) is 5.11 Å². The van der Waals surface area contributed by atoms with Crippen molar-refractivity contribution in [1.82, 2.24) is 5.06 Å². The molecule has 1 unspecified atom stereocenters. The molecule has 1 atom stereocenters. The van der Waals surface area contributed by atoms with E-state index in [9.17, 15) is 22.8 Å². The molecule has 1 aliphatic heterocycles. The van der Waals surface area contributed by atoms with Crippen molar-refractivity contribution in [3.8, 4) is 0 Å². The van der Waals surface area contributed by atoms with Crippen LogP contribution in [0, 0.1) is 0 Å². The van der Waals surface area contributed by atoms with Gasteiger partial charge in [-0.1, -0.05) is 5.11 Å². The van der Waals surface area contributed by atoms with E-state index >= 15 is 0 Å². The fraction of sp³-hybridized carbons (Fsp3) is 0.571. The molecule has 1 aliphatic rings. The maximum Gasteiger partial charge on any atom is 0.333 e. The molecule has 2 amide bonds. The minimum Gasteiger partial charge on any atom is -0.330 e. The Labute approximate surface area is 134 Å². The van der Waals surface area contributed by atoms with E-state index in [2.05, 4.69) is 14.9 Å². The van der Waals surface area contributed by atoms with Gasteiger partial charge in [0.2, 0.25) is 0 Å². The molecule has 1 N–H and O–H groups in total. The van der Waals surface area contributed by atoms with E-state index in [0.29, 0.717) is 0 Å². The Morgan fingerprint density at radius 2 is 2.15 bits per heavy atom. The number of hydrogen-bond donors (Lipinski definition) is 1. The number of azide groups is 1. The van der Waals surface area contributed by atoms with Gasteiger partial charge in [0.05, 0.1) is 12.8 Å². The van der Waals surface area contributed by atoms with Crippen molar-refractivity contribution in [1.29, 1.82) is 0 Å². The summed E-state index contributed by atoms with van der Waals surface area (Å²) >= 11 is 0. The molecule has 11 nitrogen and oxygen atoms in total. The van der Waals surface area contributed by atoms with Crippen molar-refractivity contribution in [3.05, 3.63) is 10.4 Å². The standard InChI is InChI=1S/C7H8N4O7S.Na/c8-10-9-2-1-6(13)18-11-5(12)3-4(7(11)14)19(15,16)17;/h4H,1-3H2,(H,15,16,17);. The minimum atomic E-state index is -4.74. The fourth-order valence-electron chi connectivity index (χ4n) is 1.24. The van der Waals surface area contributed by atoms with Gasteiger partial charge in [-0.15, -0.1) is 5.06 Å². The van der Waals surface area contributed by atoms with Crippen molar-refractivity contribution in [2.75, 3.05) is 6.54 Å². The van der Waals surface area contributed by atoms with Gasteiger partial charge >= 0.3 is 5.97 Å². The van der Waals surface area contributed by atoms with Crippen molar-refractivity contribution >= 4 is 57.5 Å². The second kappa shape index (κ2) is 7.57. The average molecular weight is 315 g/mol. The van der Waals surface area contributed by atoms with E-state index < -0.39 is 46.0 Å². The van der Waals surface area contributed by atoms with Gasteiger partial charge in [-0.3, -0.25) is 14.1 Å². The quantitative estimate of drug-likeness (QED) is 0.166. The Kier molecular flexibility index (Phi) is 7.13. The van der Waals surface area contributed by atoms with Crippen LogP contribution in [0.2, 0.25) is 0 Å². The number of nitrogens with zero attached hydrogens (tertiary/aromatic N) is 4. The van der Waals surface area contributed by atoms with E-state index in [1.807, 2.05) is 0 Å². The summed E-state index contributed by atoms with van der Waals surface area (Å²) in [6, 6.07) is 0. The average Bonchev–Trinajstić information content (AvgIpc) is 2.57. The Morgan fingerprint density at radius 1 is 1.55 bits per heavy atom.